The van der Waals surface area contributed by atoms with Gasteiger partial charge in [-0.3, -0.25) is 4.79 Å². The normalized spacial score (nSPS) is 20.9. The van der Waals surface area contributed by atoms with Crippen molar-refractivity contribution >= 4 is 11.8 Å². The van der Waals surface area contributed by atoms with E-state index in [-0.39, 0.29) is 11.4 Å². The summed E-state index contributed by atoms with van der Waals surface area (Å²) in [6.07, 6.45) is 1.59. The highest BCUT2D eigenvalue weighted by molar-refractivity contribution is 6.03. The molecule has 0 bridgehead atoms. The van der Waals surface area contributed by atoms with Gasteiger partial charge < -0.3 is 9.84 Å². The molecular weight excluding hydrogens is 160 g/mol. The van der Waals surface area contributed by atoms with Gasteiger partial charge in [0.25, 0.3) is 0 Å². The monoisotopic (exact) mass is 170 g/mol. The van der Waals surface area contributed by atoms with Gasteiger partial charge in [-0.05, 0) is 12.8 Å². The summed E-state index contributed by atoms with van der Waals surface area (Å²) >= 11 is 0. The van der Waals surface area contributed by atoms with E-state index >= 15 is 0 Å². The minimum absolute atomic E-state index is 0.155. The number of carbonyl (C=O) groups is 2. The van der Waals surface area contributed by atoms with Gasteiger partial charge in [-0.2, -0.15) is 0 Å². The van der Waals surface area contributed by atoms with E-state index in [1.165, 1.54) is 7.11 Å². The van der Waals surface area contributed by atoms with Crippen LogP contribution >= 0.6 is 0 Å². The molecule has 0 aliphatic heterocycles. The van der Waals surface area contributed by atoms with Gasteiger partial charge in [-0.25, -0.2) is 4.79 Å². The van der Waals surface area contributed by atoms with Crippen molar-refractivity contribution in [2.24, 2.45) is 0 Å². The van der Waals surface area contributed by atoms with Crippen LogP contribution in [0.2, 0.25) is 0 Å². The number of hydrogen-bond acceptors (Lipinski definition) is 4. The first-order valence-corrected chi connectivity index (χ1v) is 3.70. The number of ether oxygens (including phenoxy) is 1. The second-order valence-electron chi connectivity index (χ2n) is 2.60. The Balaban J connectivity index is 2.88. The fourth-order valence-electron chi connectivity index (χ4n) is 1.19. The Bertz CT molecular complexity index is 252. The Morgan fingerprint density at radius 3 is 2.58 bits per heavy atom. The summed E-state index contributed by atoms with van der Waals surface area (Å²) < 4.78 is 4.27. The van der Waals surface area contributed by atoms with Gasteiger partial charge in [0.2, 0.25) is 5.76 Å². The lowest BCUT2D eigenvalue weighted by molar-refractivity contribution is -0.139. The summed E-state index contributed by atoms with van der Waals surface area (Å²) in [5.74, 6) is -1.52. The van der Waals surface area contributed by atoms with Gasteiger partial charge in [0, 0.05) is 12.0 Å². The summed E-state index contributed by atoms with van der Waals surface area (Å²) in [5, 5.41) is 9.17. The molecule has 0 aromatic rings. The molecule has 0 atom stereocenters. The molecule has 0 saturated heterocycles. The summed E-state index contributed by atoms with van der Waals surface area (Å²) in [6, 6.07) is 0. The van der Waals surface area contributed by atoms with E-state index in [2.05, 4.69) is 4.74 Å². The molecule has 4 nitrogen and oxygen atoms in total. The first kappa shape index (κ1) is 8.77. The number of allylic oxidation sites excluding steroid dienone is 1. The van der Waals surface area contributed by atoms with E-state index in [1.807, 2.05) is 0 Å². The Morgan fingerprint density at radius 1 is 1.50 bits per heavy atom. The molecule has 66 valence electrons. The molecule has 1 saturated carbocycles. The van der Waals surface area contributed by atoms with Crippen LogP contribution in [0.3, 0.4) is 0 Å². The number of esters is 1. The largest absolute Gasteiger partial charge is 0.502 e. The fraction of sp³-hybridized carbons (Fsp3) is 0.500. The van der Waals surface area contributed by atoms with Gasteiger partial charge in [-0.1, -0.05) is 0 Å². The molecule has 0 aromatic carbocycles. The highest BCUT2D eigenvalue weighted by Crippen LogP contribution is 2.22. The Labute approximate surface area is 69.8 Å². The first-order valence-electron chi connectivity index (χ1n) is 3.70. The van der Waals surface area contributed by atoms with Crippen LogP contribution < -0.4 is 0 Å². The first-order chi connectivity index (χ1) is 5.66. The van der Waals surface area contributed by atoms with Crippen molar-refractivity contribution in [1.29, 1.82) is 0 Å². The van der Waals surface area contributed by atoms with Gasteiger partial charge in [-0.15, -0.1) is 0 Å². The van der Waals surface area contributed by atoms with Crippen LogP contribution in [0.5, 0.6) is 0 Å². The zero-order chi connectivity index (χ0) is 9.14. The summed E-state index contributed by atoms with van der Waals surface area (Å²) in [7, 11) is 1.17. The second-order valence-corrected chi connectivity index (χ2v) is 2.60. The van der Waals surface area contributed by atoms with Crippen molar-refractivity contribution in [2.45, 2.75) is 19.3 Å². The molecule has 1 fully saturated rings. The van der Waals surface area contributed by atoms with Gasteiger partial charge >= 0.3 is 5.97 Å². The number of aliphatic hydroxyl groups is 1. The maximum atomic E-state index is 11.0. The van der Waals surface area contributed by atoms with Crippen molar-refractivity contribution in [1.82, 2.24) is 0 Å². The lowest BCUT2D eigenvalue weighted by atomic mass is 10.2. The number of methoxy groups -OCH3 is 1. The van der Waals surface area contributed by atoms with E-state index in [0.29, 0.717) is 19.3 Å². The minimum Gasteiger partial charge on any atom is -0.502 e. The van der Waals surface area contributed by atoms with E-state index in [9.17, 15) is 14.7 Å². The average Bonchev–Trinajstić information content (AvgIpc) is 2.48. The summed E-state index contributed by atoms with van der Waals surface area (Å²) in [4.78, 5) is 21.8. The predicted molar refractivity (Wildman–Crippen MR) is 40.5 cm³/mol. The van der Waals surface area contributed by atoms with E-state index in [4.69, 9.17) is 0 Å². The molecule has 0 heterocycles. The van der Waals surface area contributed by atoms with Crippen LogP contribution in [0.15, 0.2) is 11.3 Å². The number of aliphatic hydroxyl groups excluding tert-OH is 1. The zero-order valence-electron chi connectivity index (χ0n) is 6.79. The van der Waals surface area contributed by atoms with Crippen LogP contribution in [0.25, 0.3) is 0 Å². The summed E-state index contributed by atoms with van der Waals surface area (Å²) in [5.41, 5.74) is 0.210. The van der Waals surface area contributed by atoms with Crippen LogP contribution in [0, 0.1) is 0 Å². The number of Topliss-reactive ketones (excluding diaryl/α,β-unsaturated/α-hetero) is 1. The molecule has 1 aliphatic rings. The highest BCUT2D eigenvalue weighted by Gasteiger charge is 2.24. The SMILES string of the molecule is COC(=O)/C(O)=C1/CCCC1=O. The van der Waals surface area contributed by atoms with Crippen molar-refractivity contribution in [3.63, 3.8) is 0 Å². The Kier molecular flexibility index (Phi) is 2.47. The second kappa shape index (κ2) is 3.38. The Hall–Kier alpha value is -1.32. The predicted octanol–water partition coefficient (Wildman–Crippen LogP) is 0.724. The molecular formula is C8H10O4. The maximum Gasteiger partial charge on any atom is 0.373 e. The van der Waals surface area contributed by atoms with Crippen molar-refractivity contribution in [3.05, 3.63) is 11.3 Å². The third kappa shape index (κ3) is 1.47. The third-order valence-electron chi connectivity index (χ3n) is 1.83. The smallest absolute Gasteiger partial charge is 0.373 e. The van der Waals surface area contributed by atoms with Gasteiger partial charge in [0.05, 0.1) is 7.11 Å². The molecule has 1 aliphatic carbocycles. The molecule has 0 spiro atoms. The van der Waals surface area contributed by atoms with Crippen molar-refractivity contribution < 1.29 is 19.4 Å². The summed E-state index contributed by atoms with van der Waals surface area (Å²) in [6.45, 7) is 0. The molecule has 1 rings (SSSR count). The number of carbonyl (C=O) groups excluding carboxylic acids is 2. The molecule has 4 heteroatoms. The molecule has 0 amide bonds. The quantitative estimate of drug-likeness (QED) is 0.358. The number of rotatable bonds is 1. The van der Waals surface area contributed by atoms with E-state index in [0.717, 1.165) is 0 Å². The highest BCUT2D eigenvalue weighted by atomic mass is 16.5. The lowest BCUT2D eigenvalue weighted by Gasteiger charge is -1.99. The van der Waals surface area contributed by atoms with E-state index in [1.54, 1.807) is 0 Å². The lowest BCUT2D eigenvalue weighted by Crippen LogP contribution is -2.09. The number of ketones is 1. The average molecular weight is 170 g/mol. The van der Waals surface area contributed by atoms with Gasteiger partial charge in [0.1, 0.15) is 0 Å². The zero-order valence-corrected chi connectivity index (χ0v) is 6.79. The molecule has 12 heavy (non-hydrogen) atoms. The molecule has 1 N–H and O–H groups in total. The maximum absolute atomic E-state index is 11.0. The van der Waals surface area contributed by atoms with Crippen LogP contribution in [-0.2, 0) is 14.3 Å². The van der Waals surface area contributed by atoms with Crippen molar-refractivity contribution in [3.8, 4) is 0 Å². The topological polar surface area (TPSA) is 63.6 Å². The van der Waals surface area contributed by atoms with Crippen LogP contribution in [0.4, 0.5) is 0 Å². The van der Waals surface area contributed by atoms with Crippen LogP contribution in [-0.4, -0.2) is 24.0 Å². The molecule has 0 radical (unpaired) electrons. The number of hydrogen-bond donors (Lipinski definition) is 1. The van der Waals surface area contributed by atoms with E-state index < -0.39 is 11.7 Å². The third-order valence-corrected chi connectivity index (χ3v) is 1.83. The molecule has 0 unspecified atom stereocenters. The minimum atomic E-state index is -0.833. The van der Waals surface area contributed by atoms with Gasteiger partial charge in [0.15, 0.2) is 5.78 Å². The Morgan fingerprint density at radius 2 is 2.17 bits per heavy atom. The molecule has 0 aromatic heterocycles. The van der Waals surface area contributed by atoms with Crippen LogP contribution in [0.1, 0.15) is 19.3 Å². The standard InChI is InChI=1S/C8H10O4/c1-12-8(11)7(10)5-3-2-4-6(5)9/h10H,2-4H2,1H3/b7-5+. The fourth-order valence-corrected chi connectivity index (χ4v) is 1.19. The van der Waals surface area contributed by atoms with Crippen molar-refractivity contribution in [2.75, 3.05) is 7.11 Å².